The number of urea groups is 1. The normalized spacial score (nSPS) is 15.3. The van der Waals surface area contributed by atoms with Gasteiger partial charge in [-0.3, -0.25) is 4.79 Å². The molecule has 0 heterocycles. The highest BCUT2D eigenvalue weighted by Crippen LogP contribution is 2.30. The van der Waals surface area contributed by atoms with E-state index in [9.17, 15) is 9.59 Å². The summed E-state index contributed by atoms with van der Waals surface area (Å²) in [4.78, 5) is 23.8. The zero-order valence-electron chi connectivity index (χ0n) is 13.7. The zero-order valence-corrected chi connectivity index (χ0v) is 13.7. The van der Waals surface area contributed by atoms with Crippen molar-refractivity contribution >= 4 is 23.3 Å². The number of hydrogen-bond acceptors (Lipinski definition) is 2. The van der Waals surface area contributed by atoms with Crippen LogP contribution in [0, 0.1) is 18.8 Å². The highest BCUT2D eigenvalue weighted by molar-refractivity contribution is 5.96. The minimum atomic E-state index is -0.227. The first-order valence-electron chi connectivity index (χ1n) is 7.86. The molecule has 1 aliphatic carbocycles. The topological polar surface area (TPSA) is 70.2 Å². The third kappa shape index (κ3) is 4.48. The Labute approximate surface area is 131 Å². The first-order valence-corrected chi connectivity index (χ1v) is 7.86. The molecule has 1 atom stereocenters. The SMILES string of the molecule is Cc1ccc(NC(=O)C2CC2)cc1NC(=O)NC(C)C(C)C. The predicted octanol–water partition coefficient (Wildman–Crippen LogP) is 3.51. The van der Waals surface area contributed by atoms with Gasteiger partial charge in [-0.1, -0.05) is 19.9 Å². The highest BCUT2D eigenvalue weighted by Gasteiger charge is 2.29. The summed E-state index contributed by atoms with van der Waals surface area (Å²) >= 11 is 0. The van der Waals surface area contributed by atoms with Gasteiger partial charge in [-0.05, 0) is 50.3 Å². The maximum absolute atomic E-state index is 12.0. The van der Waals surface area contributed by atoms with Gasteiger partial charge in [0, 0.05) is 23.3 Å². The predicted molar refractivity (Wildman–Crippen MR) is 89.0 cm³/mol. The zero-order chi connectivity index (χ0) is 16.3. The number of nitrogens with one attached hydrogen (secondary N) is 3. The summed E-state index contributed by atoms with van der Waals surface area (Å²) in [6.07, 6.45) is 1.94. The van der Waals surface area contributed by atoms with Gasteiger partial charge in [0.15, 0.2) is 0 Å². The molecule has 1 unspecified atom stereocenters. The molecule has 3 N–H and O–H groups in total. The van der Waals surface area contributed by atoms with Crippen molar-refractivity contribution < 1.29 is 9.59 Å². The molecule has 0 spiro atoms. The van der Waals surface area contributed by atoms with Crippen molar-refractivity contribution in [3.05, 3.63) is 23.8 Å². The van der Waals surface area contributed by atoms with E-state index in [1.807, 2.05) is 26.0 Å². The third-order valence-corrected chi connectivity index (χ3v) is 4.06. The second kappa shape index (κ2) is 6.81. The van der Waals surface area contributed by atoms with Crippen LogP contribution in [0.4, 0.5) is 16.2 Å². The first-order chi connectivity index (χ1) is 10.4. The minimum absolute atomic E-state index is 0.0627. The van der Waals surface area contributed by atoms with Crippen molar-refractivity contribution in [3.8, 4) is 0 Å². The average Bonchev–Trinajstić information content (AvgIpc) is 3.26. The molecule has 1 fully saturated rings. The van der Waals surface area contributed by atoms with Crippen LogP contribution in [0.1, 0.15) is 39.2 Å². The molecule has 5 nitrogen and oxygen atoms in total. The Morgan fingerprint density at radius 3 is 2.41 bits per heavy atom. The summed E-state index contributed by atoms with van der Waals surface area (Å²) in [5.74, 6) is 0.594. The molecule has 0 saturated heterocycles. The Hall–Kier alpha value is -2.04. The van der Waals surface area contributed by atoms with Crippen LogP contribution in [0.5, 0.6) is 0 Å². The summed E-state index contributed by atoms with van der Waals surface area (Å²) in [5, 5.41) is 8.65. The van der Waals surface area contributed by atoms with Gasteiger partial charge < -0.3 is 16.0 Å². The summed E-state index contributed by atoms with van der Waals surface area (Å²) in [6.45, 7) is 8.02. The minimum Gasteiger partial charge on any atom is -0.335 e. The molecule has 0 aliphatic heterocycles. The van der Waals surface area contributed by atoms with E-state index in [1.54, 1.807) is 6.07 Å². The van der Waals surface area contributed by atoms with Crippen LogP contribution in [-0.4, -0.2) is 18.0 Å². The number of anilines is 2. The van der Waals surface area contributed by atoms with E-state index in [1.165, 1.54) is 0 Å². The lowest BCUT2D eigenvalue weighted by atomic mass is 10.1. The van der Waals surface area contributed by atoms with Crippen molar-refractivity contribution in [1.82, 2.24) is 5.32 Å². The molecule has 1 aliphatic rings. The molecule has 5 heteroatoms. The van der Waals surface area contributed by atoms with Gasteiger partial charge in [-0.15, -0.1) is 0 Å². The van der Waals surface area contributed by atoms with E-state index in [4.69, 9.17) is 0 Å². The second-order valence-corrected chi connectivity index (χ2v) is 6.42. The third-order valence-electron chi connectivity index (χ3n) is 4.06. The van der Waals surface area contributed by atoms with Crippen LogP contribution >= 0.6 is 0 Å². The monoisotopic (exact) mass is 303 g/mol. The molecule has 0 aromatic heterocycles. The van der Waals surface area contributed by atoms with E-state index < -0.39 is 0 Å². The van der Waals surface area contributed by atoms with E-state index in [0.29, 0.717) is 11.6 Å². The molecule has 22 heavy (non-hydrogen) atoms. The molecular formula is C17H25N3O2. The maximum Gasteiger partial charge on any atom is 0.319 e. The second-order valence-electron chi connectivity index (χ2n) is 6.42. The summed E-state index contributed by atoms with van der Waals surface area (Å²) in [6, 6.07) is 5.42. The van der Waals surface area contributed by atoms with Gasteiger partial charge in [-0.2, -0.15) is 0 Å². The van der Waals surface area contributed by atoms with Crippen molar-refractivity contribution in [2.75, 3.05) is 10.6 Å². The molecular weight excluding hydrogens is 278 g/mol. The first kappa shape index (κ1) is 16.3. The fourth-order valence-corrected chi connectivity index (χ4v) is 1.96. The fourth-order valence-electron chi connectivity index (χ4n) is 1.96. The average molecular weight is 303 g/mol. The Kier molecular flexibility index (Phi) is 5.06. The van der Waals surface area contributed by atoms with Gasteiger partial charge >= 0.3 is 6.03 Å². The van der Waals surface area contributed by atoms with Crippen molar-refractivity contribution in [1.29, 1.82) is 0 Å². The molecule has 0 bridgehead atoms. The van der Waals surface area contributed by atoms with Crippen LogP contribution in [0.3, 0.4) is 0 Å². The van der Waals surface area contributed by atoms with Crippen molar-refractivity contribution in [2.24, 2.45) is 11.8 Å². The number of carbonyl (C=O) groups excluding carboxylic acids is 2. The Morgan fingerprint density at radius 1 is 1.14 bits per heavy atom. The molecule has 1 aromatic carbocycles. The summed E-state index contributed by atoms with van der Waals surface area (Å²) in [7, 11) is 0. The van der Waals surface area contributed by atoms with Crippen LogP contribution in [0.25, 0.3) is 0 Å². The molecule has 1 saturated carbocycles. The van der Waals surface area contributed by atoms with Crippen molar-refractivity contribution in [2.45, 2.75) is 46.6 Å². The number of rotatable bonds is 5. The summed E-state index contributed by atoms with van der Waals surface area (Å²) < 4.78 is 0. The smallest absolute Gasteiger partial charge is 0.319 e. The lowest BCUT2D eigenvalue weighted by molar-refractivity contribution is -0.117. The number of amides is 3. The van der Waals surface area contributed by atoms with Crippen LogP contribution < -0.4 is 16.0 Å². The molecule has 2 rings (SSSR count). The Morgan fingerprint density at radius 2 is 1.82 bits per heavy atom. The van der Waals surface area contributed by atoms with E-state index in [2.05, 4.69) is 29.8 Å². The molecule has 0 radical (unpaired) electrons. The number of carbonyl (C=O) groups is 2. The van der Waals surface area contributed by atoms with Crippen LogP contribution in [-0.2, 0) is 4.79 Å². The van der Waals surface area contributed by atoms with E-state index >= 15 is 0 Å². The van der Waals surface area contributed by atoms with E-state index in [0.717, 1.165) is 24.1 Å². The van der Waals surface area contributed by atoms with E-state index in [-0.39, 0.29) is 23.9 Å². The molecule has 120 valence electrons. The summed E-state index contributed by atoms with van der Waals surface area (Å²) in [5.41, 5.74) is 2.38. The lowest BCUT2D eigenvalue weighted by Gasteiger charge is -2.18. The number of hydrogen-bond donors (Lipinski definition) is 3. The largest absolute Gasteiger partial charge is 0.335 e. The number of aryl methyl sites for hydroxylation is 1. The standard InChI is InChI=1S/C17H25N3O2/c1-10(2)12(4)18-17(22)20-15-9-14(8-5-11(15)3)19-16(21)13-6-7-13/h5,8-10,12-13H,6-7H2,1-4H3,(H,19,21)(H2,18,20,22). The van der Waals surface area contributed by atoms with Crippen LogP contribution in [0.15, 0.2) is 18.2 Å². The van der Waals surface area contributed by atoms with Gasteiger partial charge in [0.05, 0.1) is 0 Å². The van der Waals surface area contributed by atoms with Gasteiger partial charge in [0.1, 0.15) is 0 Å². The quantitative estimate of drug-likeness (QED) is 0.779. The Bertz CT molecular complexity index is 565. The van der Waals surface area contributed by atoms with Gasteiger partial charge in [0.2, 0.25) is 5.91 Å². The van der Waals surface area contributed by atoms with Gasteiger partial charge in [0.25, 0.3) is 0 Å². The Balaban J connectivity index is 2.00. The maximum atomic E-state index is 12.0. The highest BCUT2D eigenvalue weighted by atomic mass is 16.2. The molecule has 3 amide bonds. The fraction of sp³-hybridized carbons (Fsp3) is 0.529. The van der Waals surface area contributed by atoms with Crippen LogP contribution in [0.2, 0.25) is 0 Å². The molecule has 1 aromatic rings. The lowest BCUT2D eigenvalue weighted by Crippen LogP contribution is -2.39. The number of benzene rings is 1. The van der Waals surface area contributed by atoms with Crippen molar-refractivity contribution in [3.63, 3.8) is 0 Å². The van der Waals surface area contributed by atoms with Gasteiger partial charge in [-0.25, -0.2) is 4.79 Å².